The summed E-state index contributed by atoms with van der Waals surface area (Å²) < 4.78 is 34.5. The summed E-state index contributed by atoms with van der Waals surface area (Å²) in [6.07, 6.45) is 7.81. The molecule has 0 N–H and O–H groups in total. The van der Waals surface area contributed by atoms with Crippen LogP contribution in [0.1, 0.15) is 37.7 Å². The van der Waals surface area contributed by atoms with Gasteiger partial charge in [-0.25, -0.2) is 13.4 Å². The van der Waals surface area contributed by atoms with Crippen molar-refractivity contribution >= 4 is 27.2 Å². The summed E-state index contributed by atoms with van der Waals surface area (Å²) in [4.78, 5) is 7.70. The van der Waals surface area contributed by atoms with Crippen LogP contribution in [0.25, 0.3) is 10.4 Å². The minimum atomic E-state index is -3.46. The Balaban J connectivity index is 1.33. The summed E-state index contributed by atoms with van der Waals surface area (Å²) in [7, 11) is -1.41. The number of rotatable bonds is 3. The number of hydrogen-bond donors (Lipinski definition) is 0. The highest BCUT2D eigenvalue weighted by Gasteiger charge is 2.40. The molecule has 0 aliphatic carbocycles. The van der Waals surface area contributed by atoms with Gasteiger partial charge in [0.2, 0.25) is 0 Å². The summed E-state index contributed by atoms with van der Waals surface area (Å²) in [5.41, 5.74) is 2.14. The van der Waals surface area contributed by atoms with Crippen LogP contribution in [0.3, 0.4) is 0 Å². The zero-order chi connectivity index (χ0) is 20.1. The Morgan fingerprint density at radius 1 is 1.14 bits per heavy atom. The van der Waals surface area contributed by atoms with E-state index in [1.54, 1.807) is 10.4 Å². The van der Waals surface area contributed by atoms with Gasteiger partial charge in [-0.3, -0.25) is 0 Å². The first kappa shape index (κ1) is 19.5. The highest BCUT2D eigenvalue weighted by Crippen LogP contribution is 2.39. The highest BCUT2D eigenvalue weighted by atomic mass is 32.2. The van der Waals surface area contributed by atoms with Crippen molar-refractivity contribution in [1.29, 1.82) is 0 Å². The lowest BCUT2D eigenvalue weighted by Gasteiger charge is -2.43. The smallest absolute Gasteiger partial charge is 0.252 e. The summed E-state index contributed by atoms with van der Waals surface area (Å²) in [6, 6.07) is 5.81. The molecule has 0 saturated carbocycles. The Morgan fingerprint density at radius 2 is 1.97 bits per heavy atom. The van der Waals surface area contributed by atoms with Crippen molar-refractivity contribution in [1.82, 2.24) is 9.29 Å². The number of thiophene rings is 1. The van der Waals surface area contributed by atoms with Crippen LogP contribution in [-0.4, -0.2) is 56.6 Å². The zero-order valence-electron chi connectivity index (χ0n) is 16.8. The fourth-order valence-electron chi connectivity index (χ4n) is 4.74. The molecule has 3 aliphatic rings. The fraction of sp³-hybridized carbons (Fsp3) is 0.571. The molecule has 2 fully saturated rings. The molecule has 0 radical (unpaired) electrons. The molecule has 6 nitrogen and oxygen atoms in total. The van der Waals surface area contributed by atoms with Crippen molar-refractivity contribution in [3.05, 3.63) is 30.0 Å². The number of likely N-dealkylation sites (N-methyl/N-ethyl adjacent to an activating group) is 1. The van der Waals surface area contributed by atoms with Crippen LogP contribution < -0.4 is 4.90 Å². The maximum atomic E-state index is 13.2. The number of piperidine rings is 1. The Hall–Kier alpha value is -1.48. The number of sulfonamides is 1. The van der Waals surface area contributed by atoms with Gasteiger partial charge in [0.15, 0.2) is 0 Å². The van der Waals surface area contributed by atoms with Crippen molar-refractivity contribution in [2.45, 2.75) is 48.3 Å². The van der Waals surface area contributed by atoms with Crippen LogP contribution in [0.15, 0.2) is 28.6 Å². The molecule has 0 amide bonds. The van der Waals surface area contributed by atoms with E-state index in [1.165, 1.54) is 23.3 Å². The normalized spacial score (nSPS) is 22.2. The topological polar surface area (TPSA) is 62.7 Å². The van der Waals surface area contributed by atoms with E-state index in [-0.39, 0.29) is 5.60 Å². The lowest BCUT2D eigenvalue weighted by atomic mass is 9.85. The second-order valence-corrected chi connectivity index (χ2v) is 11.6. The first-order chi connectivity index (χ1) is 14.0. The molecular weight excluding hydrogens is 406 g/mol. The van der Waals surface area contributed by atoms with Crippen molar-refractivity contribution in [2.24, 2.45) is 0 Å². The Labute approximate surface area is 176 Å². The number of fused-ring (bicyclic) bond motifs is 1. The quantitative estimate of drug-likeness (QED) is 0.741. The average molecular weight is 434 g/mol. The lowest BCUT2D eigenvalue weighted by molar-refractivity contribution is -0.103. The van der Waals surface area contributed by atoms with Gasteiger partial charge in [0.1, 0.15) is 10.0 Å². The third-order valence-corrected chi connectivity index (χ3v) is 10.0. The van der Waals surface area contributed by atoms with Crippen LogP contribution in [0.5, 0.6) is 0 Å². The van der Waals surface area contributed by atoms with Crippen LogP contribution in [0.2, 0.25) is 0 Å². The molecule has 156 valence electrons. The van der Waals surface area contributed by atoms with Gasteiger partial charge >= 0.3 is 0 Å². The van der Waals surface area contributed by atoms with Crippen molar-refractivity contribution in [2.75, 3.05) is 38.2 Å². The van der Waals surface area contributed by atoms with Gasteiger partial charge in [0, 0.05) is 49.9 Å². The van der Waals surface area contributed by atoms with Gasteiger partial charge in [-0.05, 0) is 62.3 Å². The molecule has 2 saturated heterocycles. The Kier molecular flexibility index (Phi) is 4.93. The maximum absolute atomic E-state index is 13.2. The highest BCUT2D eigenvalue weighted by molar-refractivity contribution is 7.91. The number of aromatic nitrogens is 1. The minimum absolute atomic E-state index is 0.0892. The standard InChI is InChI=1S/C21H27N3O3S2/c1-23-10-6-16-14-17(15-22-20(16)23)18-4-5-19(28-18)29(25,26)24-11-8-21(9-12-24)7-2-3-13-27-21/h4-5,14-15H,2-3,6-13H2,1H3. The largest absolute Gasteiger partial charge is 0.375 e. The first-order valence-corrected chi connectivity index (χ1v) is 12.7. The molecule has 5 rings (SSSR count). The molecule has 29 heavy (non-hydrogen) atoms. The number of pyridine rings is 1. The van der Waals surface area contributed by atoms with Crippen LogP contribution in [0.4, 0.5) is 5.82 Å². The van der Waals surface area contributed by atoms with Gasteiger partial charge in [-0.2, -0.15) is 4.31 Å². The van der Waals surface area contributed by atoms with E-state index in [2.05, 4.69) is 23.0 Å². The van der Waals surface area contributed by atoms with Crippen LogP contribution >= 0.6 is 11.3 Å². The summed E-state index contributed by atoms with van der Waals surface area (Å²) in [5, 5.41) is 0. The van der Waals surface area contributed by atoms with E-state index in [4.69, 9.17) is 4.74 Å². The van der Waals surface area contributed by atoms with Crippen molar-refractivity contribution in [3.8, 4) is 10.4 Å². The SMILES string of the molecule is CN1CCc2cc(-c3ccc(S(=O)(=O)N4CCC5(CCCCO5)CC4)s3)cnc21. The molecule has 0 bridgehead atoms. The molecule has 0 unspecified atom stereocenters. The third kappa shape index (κ3) is 3.50. The monoisotopic (exact) mass is 433 g/mol. The molecule has 0 aromatic carbocycles. The van der Waals surface area contributed by atoms with Gasteiger partial charge in [0.25, 0.3) is 10.0 Å². The molecule has 8 heteroatoms. The van der Waals surface area contributed by atoms with E-state index in [0.717, 1.165) is 61.5 Å². The zero-order valence-corrected chi connectivity index (χ0v) is 18.4. The van der Waals surface area contributed by atoms with E-state index < -0.39 is 10.0 Å². The number of hydrogen-bond acceptors (Lipinski definition) is 6. The van der Waals surface area contributed by atoms with Gasteiger partial charge in [-0.15, -0.1) is 11.3 Å². The Bertz CT molecular complexity index is 1000. The van der Waals surface area contributed by atoms with Crippen molar-refractivity contribution in [3.63, 3.8) is 0 Å². The minimum Gasteiger partial charge on any atom is -0.375 e. The Morgan fingerprint density at radius 3 is 2.72 bits per heavy atom. The van der Waals surface area contributed by atoms with Crippen LogP contribution in [-0.2, 0) is 21.2 Å². The summed E-state index contributed by atoms with van der Waals surface area (Å²) >= 11 is 1.35. The number of anilines is 1. The fourth-order valence-corrected chi connectivity index (χ4v) is 7.62. The van der Waals surface area contributed by atoms with E-state index in [0.29, 0.717) is 17.3 Å². The predicted molar refractivity (Wildman–Crippen MR) is 115 cm³/mol. The van der Waals surface area contributed by atoms with E-state index in [9.17, 15) is 8.42 Å². The first-order valence-electron chi connectivity index (χ1n) is 10.4. The van der Waals surface area contributed by atoms with Crippen molar-refractivity contribution < 1.29 is 13.2 Å². The molecule has 2 aromatic rings. The second-order valence-electron chi connectivity index (χ2n) is 8.39. The van der Waals surface area contributed by atoms with Gasteiger partial charge in [0.05, 0.1) is 5.60 Å². The summed E-state index contributed by atoms with van der Waals surface area (Å²) in [5.74, 6) is 1.03. The molecular formula is C21H27N3O3S2. The van der Waals surface area contributed by atoms with Crippen LogP contribution in [0, 0.1) is 0 Å². The lowest BCUT2D eigenvalue weighted by Crippen LogP contribution is -2.49. The third-order valence-electron chi connectivity index (χ3n) is 6.55. The van der Waals surface area contributed by atoms with Gasteiger partial charge in [-0.1, -0.05) is 0 Å². The number of ether oxygens (including phenoxy) is 1. The number of nitrogens with zero attached hydrogens (tertiary/aromatic N) is 3. The molecule has 1 spiro atoms. The van der Waals surface area contributed by atoms with E-state index in [1.807, 2.05) is 12.3 Å². The molecule has 3 aliphatic heterocycles. The molecule has 2 aromatic heterocycles. The maximum Gasteiger partial charge on any atom is 0.252 e. The van der Waals surface area contributed by atoms with E-state index >= 15 is 0 Å². The predicted octanol–water partition coefficient (Wildman–Crippen LogP) is 3.53. The van der Waals surface area contributed by atoms with Gasteiger partial charge < -0.3 is 9.64 Å². The average Bonchev–Trinajstić information content (AvgIpc) is 3.37. The molecule has 5 heterocycles. The second kappa shape index (κ2) is 7.34. The molecule has 0 atom stereocenters. The summed E-state index contributed by atoms with van der Waals surface area (Å²) in [6.45, 7) is 2.88.